The predicted molar refractivity (Wildman–Crippen MR) is 97.7 cm³/mol. The van der Waals surface area contributed by atoms with Crippen LogP contribution in [0.15, 0.2) is 18.2 Å². The van der Waals surface area contributed by atoms with Crippen LogP contribution in [-0.2, 0) is 4.74 Å². The lowest BCUT2D eigenvalue weighted by molar-refractivity contribution is -0.0261. The number of nitrogens with zero attached hydrogens (tertiary/aromatic N) is 2. The zero-order valence-corrected chi connectivity index (χ0v) is 16.0. The van der Waals surface area contributed by atoms with Gasteiger partial charge in [0, 0.05) is 18.0 Å². The van der Waals surface area contributed by atoms with Gasteiger partial charge in [-0.15, -0.1) is 0 Å². The average Bonchev–Trinajstić information content (AvgIpc) is 2.58. The van der Waals surface area contributed by atoms with E-state index in [1.165, 1.54) is 18.2 Å². The minimum absolute atomic E-state index is 0.0251. The van der Waals surface area contributed by atoms with Gasteiger partial charge in [0.2, 0.25) is 0 Å². The molecule has 0 saturated carbocycles. The first kappa shape index (κ1) is 19.3. The molecule has 0 radical (unpaired) electrons. The zero-order chi connectivity index (χ0) is 19.8. The summed E-state index contributed by atoms with van der Waals surface area (Å²) in [5, 5.41) is 9.00. The van der Waals surface area contributed by atoms with Crippen molar-refractivity contribution in [2.75, 3.05) is 0 Å². The van der Waals surface area contributed by atoms with E-state index in [9.17, 15) is 14.0 Å². The molecule has 1 amide bonds. The van der Waals surface area contributed by atoms with Crippen LogP contribution in [-0.4, -0.2) is 34.5 Å². The Morgan fingerprint density at radius 2 is 1.85 bits per heavy atom. The Labute approximate surface area is 159 Å². The van der Waals surface area contributed by atoms with Gasteiger partial charge in [0.1, 0.15) is 11.7 Å². The molecule has 1 aromatic carbocycles. The van der Waals surface area contributed by atoms with Crippen molar-refractivity contribution < 1.29 is 18.7 Å². The van der Waals surface area contributed by atoms with E-state index in [-0.39, 0.29) is 41.0 Å². The highest BCUT2D eigenvalue weighted by Crippen LogP contribution is 2.39. The number of hydrogen-bond donors (Lipinski definition) is 0. The first-order valence-corrected chi connectivity index (χ1v) is 9.45. The summed E-state index contributed by atoms with van der Waals surface area (Å²) in [5.41, 5.74) is -0.714. The van der Waals surface area contributed by atoms with Gasteiger partial charge in [-0.25, -0.2) is 9.18 Å². The van der Waals surface area contributed by atoms with Crippen molar-refractivity contribution in [1.82, 2.24) is 4.90 Å². The van der Waals surface area contributed by atoms with E-state index in [1.54, 1.807) is 11.0 Å². The van der Waals surface area contributed by atoms with Crippen molar-refractivity contribution in [2.24, 2.45) is 5.92 Å². The highest BCUT2D eigenvalue weighted by molar-refractivity contribution is 5.98. The van der Waals surface area contributed by atoms with Gasteiger partial charge < -0.3 is 9.64 Å². The Balaban J connectivity index is 1.80. The van der Waals surface area contributed by atoms with Gasteiger partial charge >= 0.3 is 6.09 Å². The summed E-state index contributed by atoms with van der Waals surface area (Å²) in [6.45, 7) is 5.51. The molecule has 3 rings (SSSR count). The number of ketones is 1. The number of rotatable bonds is 2. The molecule has 2 aliphatic rings. The molecule has 2 heterocycles. The Morgan fingerprint density at radius 1 is 1.22 bits per heavy atom. The molecule has 2 fully saturated rings. The fourth-order valence-corrected chi connectivity index (χ4v) is 4.24. The van der Waals surface area contributed by atoms with E-state index in [1.807, 2.05) is 20.8 Å². The van der Waals surface area contributed by atoms with Gasteiger partial charge in [0.15, 0.2) is 11.6 Å². The first-order chi connectivity index (χ1) is 12.7. The Kier molecular flexibility index (Phi) is 5.23. The topological polar surface area (TPSA) is 70.4 Å². The van der Waals surface area contributed by atoms with E-state index >= 15 is 0 Å². The van der Waals surface area contributed by atoms with Crippen LogP contribution >= 0.6 is 0 Å². The monoisotopic (exact) mass is 372 g/mol. The summed E-state index contributed by atoms with van der Waals surface area (Å²) in [7, 11) is 0. The Hall–Kier alpha value is -2.42. The number of fused-ring (bicyclic) bond motifs is 2. The number of halogens is 1. The molecule has 6 heteroatoms. The molecule has 0 aliphatic carbocycles. The second-order valence-corrected chi connectivity index (χ2v) is 8.44. The highest BCUT2D eigenvalue weighted by atomic mass is 19.1. The molecule has 27 heavy (non-hydrogen) atoms. The average molecular weight is 372 g/mol. The van der Waals surface area contributed by atoms with Crippen molar-refractivity contribution in [2.45, 2.75) is 70.6 Å². The van der Waals surface area contributed by atoms with E-state index in [2.05, 4.69) is 0 Å². The fourth-order valence-electron chi connectivity index (χ4n) is 4.24. The van der Waals surface area contributed by atoms with E-state index in [0.717, 1.165) is 19.3 Å². The van der Waals surface area contributed by atoms with Gasteiger partial charge in [0.25, 0.3) is 0 Å². The third-order valence-electron chi connectivity index (χ3n) is 5.33. The quantitative estimate of drug-likeness (QED) is 0.719. The van der Waals surface area contributed by atoms with Gasteiger partial charge in [0.05, 0.1) is 11.1 Å². The molecular formula is C21H25FN2O3. The molecule has 2 bridgehead atoms. The maximum absolute atomic E-state index is 14.4. The predicted octanol–water partition coefficient (Wildman–Crippen LogP) is 4.45. The lowest BCUT2D eigenvalue weighted by Gasteiger charge is -2.48. The van der Waals surface area contributed by atoms with Crippen LogP contribution in [0.5, 0.6) is 0 Å². The van der Waals surface area contributed by atoms with Crippen LogP contribution in [0, 0.1) is 23.1 Å². The number of ether oxygens (including phenoxy) is 1. The van der Waals surface area contributed by atoms with Gasteiger partial charge in [-0.2, -0.15) is 5.26 Å². The third kappa shape index (κ3) is 3.97. The molecular weight excluding hydrogens is 347 g/mol. The number of piperidine rings is 2. The van der Waals surface area contributed by atoms with Crippen LogP contribution in [0.2, 0.25) is 0 Å². The lowest BCUT2D eigenvalue weighted by Crippen LogP contribution is -2.56. The van der Waals surface area contributed by atoms with Crippen molar-refractivity contribution in [1.29, 1.82) is 5.26 Å². The van der Waals surface area contributed by atoms with Crippen LogP contribution in [0.3, 0.4) is 0 Å². The second kappa shape index (κ2) is 7.30. The second-order valence-electron chi connectivity index (χ2n) is 8.44. The fraction of sp³-hybridized carbons (Fsp3) is 0.571. The molecule has 2 unspecified atom stereocenters. The van der Waals surface area contributed by atoms with Crippen molar-refractivity contribution >= 4 is 11.9 Å². The number of hydrogen-bond acceptors (Lipinski definition) is 4. The number of benzene rings is 1. The third-order valence-corrected chi connectivity index (χ3v) is 5.33. The first-order valence-electron chi connectivity index (χ1n) is 9.45. The Morgan fingerprint density at radius 3 is 2.41 bits per heavy atom. The van der Waals surface area contributed by atoms with Crippen LogP contribution in [0.25, 0.3) is 0 Å². The van der Waals surface area contributed by atoms with Gasteiger partial charge in [-0.3, -0.25) is 4.79 Å². The van der Waals surface area contributed by atoms with Crippen LogP contribution < -0.4 is 0 Å². The largest absolute Gasteiger partial charge is 0.444 e. The maximum atomic E-state index is 14.4. The van der Waals surface area contributed by atoms with Gasteiger partial charge in [-0.05, 0) is 65.0 Å². The highest BCUT2D eigenvalue weighted by Gasteiger charge is 2.44. The smallest absolute Gasteiger partial charge is 0.410 e. The SMILES string of the molecule is CC(C)(C)OC(=O)N1C2CCCC1CC(C(=O)c1cccc(C#N)c1F)C2. The molecule has 2 saturated heterocycles. The molecule has 144 valence electrons. The van der Waals surface area contributed by atoms with Gasteiger partial charge in [-0.1, -0.05) is 6.07 Å². The summed E-state index contributed by atoms with van der Waals surface area (Å²) in [6.07, 6.45) is 3.32. The summed E-state index contributed by atoms with van der Waals surface area (Å²) in [5.74, 6) is -1.36. The Bertz CT molecular complexity index is 780. The molecule has 0 spiro atoms. The molecule has 1 aromatic rings. The van der Waals surface area contributed by atoms with Crippen molar-refractivity contribution in [3.05, 3.63) is 35.1 Å². The number of carbonyl (C=O) groups excluding carboxylic acids is 2. The van der Waals surface area contributed by atoms with Crippen molar-refractivity contribution in [3.63, 3.8) is 0 Å². The number of nitriles is 1. The summed E-state index contributed by atoms with van der Waals surface area (Å²) < 4.78 is 20.0. The molecule has 0 aromatic heterocycles. The summed E-state index contributed by atoms with van der Waals surface area (Å²) in [4.78, 5) is 27.4. The summed E-state index contributed by atoms with van der Waals surface area (Å²) >= 11 is 0. The minimum Gasteiger partial charge on any atom is -0.444 e. The maximum Gasteiger partial charge on any atom is 0.410 e. The standard InChI is InChI=1S/C21H25FN2O3/c1-21(2,3)27-20(26)24-15-7-5-8-16(24)11-14(10-15)19(25)17-9-4-6-13(12-23)18(17)22/h4,6,9,14-16H,5,7-8,10-11H2,1-3H3. The molecule has 2 atom stereocenters. The number of Topliss-reactive ketones (excluding diaryl/α,β-unsaturated/α-hetero) is 1. The molecule has 2 aliphatic heterocycles. The zero-order valence-electron chi connectivity index (χ0n) is 16.0. The summed E-state index contributed by atoms with van der Waals surface area (Å²) in [6, 6.07) is 5.99. The van der Waals surface area contributed by atoms with Crippen LogP contribution in [0.1, 0.15) is 68.8 Å². The van der Waals surface area contributed by atoms with Crippen molar-refractivity contribution in [3.8, 4) is 6.07 Å². The lowest BCUT2D eigenvalue weighted by atomic mass is 9.75. The van der Waals surface area contributed by atoms with E-state index in [4.69, 9.17) is 10.00 Å². The molecule has 5 nitrogen and oxygen atoms in total. The van der Waals surface area contributed by atoms with E-state index in [0.29, 0.717) is 12.8 Å². The minimum atomic E-state index is -0.746. The number of carbonyl (C=O) groups is 2. The van der Waals surface area contributed by atoms with Crippen LogP contribution in [0.4, 0.5) is 9.18 Å². The number of amides is 1. The normalized spacial score (nSPS) is 24.9. The van der Waals surface area contributed by atoms with E-state index < -0.39 is 11.4 Å². The molecule has 0 N–H and O–H groups in total.